The SMILES string of the molecule is CCN1CCN(c2ccc3nc(-c4ccn5cc(C)nc5c4)cc(=O)n3c2)CC1. The maximum atomic E-state index is 12.8. The van der Waals surface area contributed by atoms with E-state index in [9.17, 15) is 4.79 Å². The topological polar surface area (TPSA) is 58.2 Å². The second-order valence-electron chi connectivity index (χ2n) is 7.58. The van der Waals surface area contributed by atoms with Crippen molar-refractivity contribution in [1.82, 2.24) is 23.7 Å². The normalized spacial score (nSPS) is 15.4. The summed E-state index contributed by atoms with van der Waals surface area (Å²) in [5, 5.41) is 0. The predicted octanol–water partition coefficient (Wildman–Crippen LogP) is 2.46. The van der Waals surface area contributed by atoms with E-state index in [1.54, 1.807) is 10.5 Å². The lowest BCUT2D eigenvalue weighted by atomic mass is 10.2. The molecule has 1 aliphatic heterocycles. The standard InChI is InChI=1S/C22H24N6O/c1-3-25-8-10-26(11-9-25)18-4-5-20-24-19(13-22(29)28(20)15-18)17-6-7-27-14-16(2)23-21(27)12-17/h4-7,12-15H,3,8-11H2,1-2H3. The zero-order chi connectivity index (χ0) is 20.0. The van der Waals surface area contributed by atoms with Crippen LogP contribution in [0.5, 0.6) is 0 Å². The Hall–Kier alpha value is -3.19. The Morgan fingerprint density at radius 3 is 2.59 bits per heavy atom. The molecule has 1 saturated heterocycles. The second-order valence-corrected chi connectivity index (χ2v) is 7.58. The summed E-state index contributed by atoms with van der Waals surface area (Å²) in [4.78, 5) is 26.9. The van der Waals surface area contributed by atoms with Crippen molar-refractivity contribution in [2.45, 2.75) is 13.8 Å². The zero-order valence-corrected chi connectivity index (χ0v) is 16.7. The number of rotatable bonds is 3. The van der Waals surface area contributed by atoms with Gasteiger partial charge in [-0.15, -0.1) is 0 Å². The number of hydrogen-bond acceptors (Lipinski definition) is 5. The Morgan fingerprint density at radius 2 is 1.79 bits per heavy atom. The molecule has 0 unspecified atom stereocenters. The van der Waals surface area contributed by atoms with Crippen LogP contribution >= 0.6 is 0 Å². The highest BCUT2D eigenvalue weighted by Gasteiger charge is 2.16. The second kappa shape index (κ2) is 7.00. The molecule has 1 fully saturated rings. The molecule has 4 aromatic rings. The first-order valence-electron chi connectivity index (χ1n) is 10.1. The van der Waals surface area contributed by atoms with Gasteiger partial charge in [0, 0.05) is 56.4 Å². The molecular weight excluding hydrogens is 364 g/mol. The third-order valence-corrected chi connectivity index (χ3v) is 5.71. The molecule has 7 heteroatoms. The molecule has 5 heterocycles. The van der Waals surface area contributed by atoms with Gasteiger partial charge >= 0.3 is 0 Å². The van der Waals surface area contributed by atoms with Gasteiger partial charge in [-0.2, -0.15) is 0 Å². The summed E-state index contributed by atoms with van der Waals surface area (Å²) < 4.78 is 3.61. The van der Waals surface area contributed by atoms with Crippen LogP contribution in [0.2, 0.25) is 0 Å². The van der Waals surface area contributed by atoms with Gasteiger partial charge < -0.3 is 14.2 Å². The zero-order valence-electron chi connectivity index (χ0n) is 16.7. The van der Waals surface area contributed by atoms with Crippen LogP contribution in [-0.2, 0) is 0 Å². The number of piperazine rings is 1. The lowest BCUT2D eigenvalue weighted by Gasteiger charge is -2.35. The predicted molar refractivity (Wildman–Crippen MR) is 115 cm³/mol. The van der Waals surface area contributed by atoms with Gasteiger partial charge in [-0.3, -0.25) is 9.20 Å². The van der Waals surface area contributed by atoms with E-state index in [-0.39, 0.29) is 5.56 Å². The molecule has 0 amide bonds. The molecule has 4 aromatic heterocycles. The van der Waals surface area contributed by atoms with Crippen molar-refractivity contribution in [2.75, 3.05) is 37.6 Å². The molecule has 0 atom stereocenters. The molecular formula is C22H24N6O. The lowest BCUT2D eigenvalue weighted by molar-refractivity contribution is 0.271. The number of imidazole rings is 1. The Kier molecular flexibility index (Phi) is 4.32. The van der Waals surface area contributed by atoms with Crippen molar-refractivity contribution >= 4 is 17.0 Å². The number of anilines is 1. The quantitative estimate of drug-likeness (QED) is 0.540. The van der Waals surface area contributed by atoms with Crippen molar-refractivity contribution in [3.05, 3.63) is 65.0 Å². The molecule has 0 saturated carbocycles. The van der Waals surface area contributed by atoms with Crippen molar-refractivity contribution < 1.29 is 0 Å². The van der Waals surface area contributed by atoms with Gasteiger partial charge in [0.1, 0.15) is 11.3 Å². The highest BCUT2D eigenvalue weighted by molar-refractivity contribution is 5.66. The molecule has 0 spiro atoms. The molecule has 0 N–H and O–H groups in total. The fourth-order valence-electron chi connectivity index (χ4n) is 4.02. The van der Waals surface area contributed by atoms with Crippen molar-refractivity contribution in [1.29, 1.82) is 0 Å². The van der Waals surface area contributed by atoms with Gasteiger partial charge in [0.05, 0.1) is 17.1 Å². The first-order chi connectivity index (χ1) is 14.1. The van der Waals surface area contributed by atoms with E-state index < -0.39 is 0 Å². The third kappa shape index (κ3) is 3.27. The van der Waals surface area contributed by atoms with E-state index in [2.05, 4.69) is 27.8 Å². The number of hydrogen-bond donors (Lipinski definition) is 0. The average molecular weight is 388 g/mol. The van der Waals surface area contributed by atoms with Gasteiger partial charge in [0.15, 0.2) is 0 Å². The highest BCUT2D eigenvalue weighted by Crippen LogP contribution is 2.21. The minimum Gasteiger partial charge on any atom is -0.368 e. The van der Waals surface area contributed by atoms with Crippen LogP contribution in [0.25, 0.3) is 22.6 Å². The number of pyridine rings is 2. The van der Waals surface area contributed by atoms with Crippen LogP contribution in [0.1, 0.15) is 12.6 Å². The molecule has 0 aromatic carbocycles. The van der Waals surface area contributed by atoms with Crippen LogP contribution in [0.15, 0.2) is 53.7 Å². The molecule has 1 aliphatic rings. The summed E-state index contributed by atoms with van der Waals surface area (Å²) in [6.45, 7) is 9.30. The monoisotopic (exact) mass is 388 g/mol. The summed E-state index contributed by atoms with van der Waals surface area (Å²) in [6.07, 6.45) is 5.84. The van der Waals surface area contributed by atoms with Crippen molar-refractivity contribution in [2.24, 2.45) is 0 Å². The number of aryl methyl sites for hydroxylation is 1. The maximum Gasteiger partial charge on any atom is 0.258 e. The molecule has 29 heavy (non-hydrogen) atoms. The third-order valence-electron chi connectivity index (χ3n) is 5.71. The first kappa shape index (κ1) is 17.9. The molecule has 7 nitrogen and oxygen atoms in total. The molecule has 0 aliphatic carbocycles. The van der Waals surface area contributed by atoms with Crippen molar-refractivity contribution in [3.63, 3.8) is 0 Å². The van der Waals surface area contributed by atoms with Crippen LogP contribution in [0, 0.1) is 6.92 Å². The maximum absolute atomic E-state index is 12.8. The van der Waals surface area contributed by atoms with Gasteiger partial charge in [0.25, 0.3) is 5.56 Å². The molecule has 5 rings (SSSR count). The summed E-state index contributed by atoms with van der Waals surface area (Å²) in [6, 6.07) is 9.53. The van der Waals surface area contributed by atoms with Gasteiger partial charge in [-0.1, -0.05) is 6.92 Å². The molecule has 0 radical (unpaired) electrons. The largest absolute Gasteiger partial charge is 0.368 e. The Morgan fingerprint density at radius 1 is 0.966 bits per heavy atom. The summed E-state index contributed by atoms with van der Waals surface area (Å²) >= 11 is 0. The van der Waals surface area contributed by atoms with Crippen LogP contribution in [-0.4, -0.2) is 56.4 Å². The molecule has 148 valence electrons. The fourth-order valence-corrected chi connectivity index (χ4v) is 4.02. The van der Waals surface area contributed by atoms with E-state index in [4.69, 9.17) is 4.98 Å². The first-order valence-corrected chi connectivity index (χ1v) is 10.1. The van der Waals surface area contributed by atoms with Crippen molar-refractivity contribution in [3.8, 4) is 11.3 Å². The van der Waals surface area contributed by atoms with E-state index in [1.807, 2.05) is 48.1 Å². The summed E-state index contributed by atoms with van der Waals surface area (Å²) in [5.74, 6) is 0. The lowest BCUT2D eigenvalue weighted by Crippen LogP contribution is -2.46. The summed E-state index contributed by atoms with van der Waals surface area (Å²) in [7, 11) is 0. The number of likely N-dealkylation sites (N-methyl/N-ethyl adjacent to an activating group) is 1. The van der Waals surface area contributed by atoms with E-state index in [1.165, 1.54) is 0 Å². The van der Waals surface area contributed by atoms with Crippen LogP contribution in [0.3, 0.4) is 0 Å². The minimum absolute atomic E-state index is 0.0709. The Balaban J connectivity index is 1.50. The minimum atomic E-state index is -0.0709. The number of fused-ring (bicyclic) bond motifs is 2. The average Bonchev–Trinajstić information content (AvgIpc) is 3.12. The van der Waals surface area contributed by atoms with E-state index >= 15 is 0 Å². The smallest absolute Gasteiger partial charge is 0.258 e. The Labute approximate surface area is 168 Å². The number of nitrogens with zero attached hydrogens (tertiary/aromatic N) is 6. The van der Waals surface area contributed by atoms with Gasteiger partial charge in [0.2, 0.25) is 0 Å². The number of aromatic nitrogens is 4. The fraction of sp³-hybridized carbons (Fsp3) is 0.318. The van der Waals surface area contributed by atoms with Gasteiger partial charge in [-0.05, 0) is 37.7 Å². The highest BCUT2D eigenvalue weighted by atomic mass is 16.1. The Bertz CT molecular complexity index is 1250. The van der Waals surface area contributed by atoms with Gasteiger partial charge in [-0.25, -0.2) is 9.97 Å². The summed E-state index contributed by atoms with van der Waals surface area (Å²) in [5.41, 5.74) is 5.02. The van der Waals surface area contributed by atoms with Crippen LogP contribution < -0.4 is 10.5 Å². The molecule has 0 bridgehead atoms. The van der Waals surface area contributed by atoms with E-state index in [0.29, 0.717) is 11.3 Å². The van der Waals surface area contributed by atoms with E-state index in [0.717, 1.165) is 55.3 Å². The van der Waals surface area contributed by atoms with Crippen LogP contribution in [0.4, 0.5) is 5.69 Å².